The molecule has 0 bridgehead atoms. The van der Waals surface area contributed by atoms with E-state index in [9.17, 15) is 9.59 Å². The lowest BCUT2D eigenvalue weighted by Crippen LogP contribution is -2.46. The topological polar surface area (TPSA) is 91.0 Å². The zero-order valence-electron chi connectivity index (χ0n) is 16.9. The quantitative estimate of drug-likeness (QED) is 0.832. The van der Waals surface area contributed by atoms with Gasteiger partial charge in [0.2, 0.25) is 5.91 Å². The van der Waals surface area contributed by atoms with Crippen LogP contribution in [0, 0.1) is 11.8 Å². The number of carbonyl (C=O) groups excluding carboxylic acids is 2. The Morgan fingerprint density at radius 2 is 1.90 bits per heavy atom. The third-order valence-corrected chi connectivity index (χ3v) is 6.22. The Morgan fingerprint density at radius 3 is 2.62 bits per heavy atom. The number of carbonyl (C=O) groups is 2. The van der Waals surface area contributed by atoms with Crippen molar-refractivity contribution < 1.29 is 9.59 Å². The molecular weight excluding hydrogens is 366 g/mol. The van der Waals surface area contributed by atoms with Crippen molar-refractivity contribution >= 4 is 11.8 Å². The summed E-state index contributed by atoms with van der Waals surface area (Å²) in [7, 11) is 0. The highest BCUT2D eigenvalue weighted by molar-refractivity contribution is 5.93. The molecule has 2 fully saturated rings. The molecule has 1 saturated heterocycles. The fourth-order valence-corrected chi connectivity index (χ4v) is 4.50. The van der Waals surface area contributed by atoms with Crippen LogP contribution in [0.5, 0.6) is 0 Å². The minimum Gasteiger partial charge on any atom is -0.353 e. The van der Waals surface area contributed by atoms with Crippen molar-refractivity contribution in [1.82, 2.24) is 25.4 Å². The summed E-state index contributed by atoms with van der Waals surface area (Å²) in [6.45, 7) is 3.45. The molecule has 0 aromatic carbocycles. The molecule has 7 nitrogen and oxygen atoms in total. The molecule has 2 unspecified atom stereocenters. The summed E-state index contributed by atoms with van der Waals surface area (Å²) >= 11 is 0. The van der Waals surface area contributed by atoms with Crippen molar-refractivity contribution in [2.24, 2.45) is 11.8 Å². The van der Waals surface area contributed by atoms with E-state index in [1.54, 1.807) is 23.4 Å². The Balaban J connectivity index is 1.29. The van der Waals surface area contributed by atoms with Crippen LogP contribution in [0.1, 0.15) is 55.9 Å². The van der Waals surface area contributed by atoms with E-state index in [2.05, 4.69) is 27.4 Å². The third-order valence-electron chi connectivity index (χ3n) is 6.22. The van der Waals surface area contributed by atoms with Gasteiger partial charge in [-0.05, 0) is 49.8 Å². The summed E-state index contributed by atoms with van der Waals surface area (Å²) in [6, 6.07) is 5.85. The van der Waals surface area contributed by atoms with Crippen LogP contribution in [0.25, 0.3) is 11.3 Å². The number of nitrogens with one attached hydrogen (secondary N) is 2. The van der Waals surface area contributed by atoms with Gasteiger partial charge in [0.25, 0.3) is 5.91 Å². The van der Waals surface area contributed by atoms with Crippen molar-refractivity contribution in [3.05, 3.63) is 36.3 Å². The fourth-order valence-electron chi connectivity index (χ4n) is 4.50. The number of nitrogens with zero attached hydrogens (tertiary/aromatic N) is 3. The van der Waals surface area contributed by atoms with Gasteiger partial charge in [0.05, 0.1) is 5.69 Å². The number of H-pyrrole nitrogens is 1. The van der Waals surface area contributed by atoms with Crippen LogP contribution in [-0.4, -0.2) is 51.0 Å². The summed E-state index contributed by atoms with van der Waals surface area (Å²) in [5, 5.41) is 10.4. The van der Waals surface area contributed by atoms with Gasteiger partial charge in [-0.1, -0.05) is 19.8 Å². The summed E-state index contributed by atoms with van der Waals surface area (Å²) in [5.74, 6) is 0.778. The van der Waals surface area contributed by atoms with Crippen LogP contribution in [-0.2, 0) is 4.79 Å². The van der Waals surface area contributed by atoms with Gasteiger partial charge in [0.15, 0.2) is 5.69 Å². The molecule has 1 saturated carbocycles. The van der Waals surface area contributed by atoms with E-state index < -0.39 is 0 Å². The molecule has 7 heteroatoms. The van der Waals surface area contributed by atoms with Crippen LogP contribution < -0.4 is 5.32 Å². The highest BCUT2D eigenvalue weighted by Crippen LogP contribution is 2.25. The molecule has 1 aliphatic carbocycles. The second kappa shape index (κ2) is 8.76. The molecular formula is C22H29N5O2. The number of aromatic nitrogens is 3. The largest absolute Gasteiger partial charge is 0.353 e. The maximum Gasteiger partial charge on any atom is 0.274 e. The second-order valence-electron chi connectivity index (χ2n) is 8.45. The SMILES string of the molecule is CC1CCCC(NC(=O)C2CCN(C(=O)c3cc(-c4ccncc4)[nH]n3)CC2)C1. The van der Waals surface area contributed by atoms with E-state index in [0.717, 1.165) is 24.1 Å². The van der Waals surface area contributed by atoms with Crippen molar-refractivity contribution in [3.8, 4) is 11.3 Å². The number of piperidine rings is 1. The molecule has 1 aliphatic heterocycles. The molecule has 0 spiro atoms. The number of aromatic amines is 1. The minimum absolute atomic E-state index is 0.00264. The Kier molecular flexibility index (Phi) is 5.92. The molecule has 0 radical (unpaired) electrons. The lowest BCUT2D eigenvalue weighted by atomic mass is 9.86. The molecule has 3 heterocycles. The van der Waals surface area contributed by atoms with Gasteiger partial charge in [-0.15, -0.1) is 0 Å². The van der Waals surface area contributed by atoms with Crippen molar-refractivity contribution in [3.63, 3.8) is 0 Å². The van der Waals surface area contributed by atoms with Gasteiger partial charge in [-0.3, -0.25) is 19.7 Å². The number of rotatable bonds is 4. The number of amides is 2. The van der Waals surface area contributed by atoms with Crippen LogP contribution in [0.2, 0.25) is 0 Å². The number of likely N-dealkylation sites (tertiary alicyclic amines) is 1. The van der Waals surface area contributed by atoms with Crippen molar-refractivity contribution in [1.29, 1.82) is 0 Å². The summed E-state index contributed by atoms with van der Waals surface area (Å²) < 4.78 is 0. The van der Waals surface area contributed by atoms with Gasteiger partial charge >= 0.3 is 0 Å². The molecule has 4 rings (SSSR count). The molecule has 2 aromatic heterocycles. The van der Waals surface area contributed by atoms with Gasteiger partial charge in [-0.25, -0.2) is 0 Å². The average Bonchev–Trinajstić information content (AvgIpc) is 3.24. The molecule has 2 aliphatic rings. The van der Waals surface area contributed by atoms with E-state index in [4.69, 9.17) is 0 Å². The minimum atomic E-state index is -0.0819. The average molecular weight is 396 g/mol. The van der Waals surface area contributed by atoms with Gasteiger partial charge in [-0.2, -0.15) is 5.10 Å². The first-order chi connectivity index (χ1) is 14.1. The zero-order valence-corrected chi connectivity index (χ0v) is 16.9. The van der Waals surface area contributed by atoms with Crippen molar-refractivity contribution in [2.75, 3.05) is 13.1 Å². The van der Waals surface area contributed by atoms with Crippen molar-refractivity contribution in [2.45, 2.75) is 51.5 Å². The first kappa shape index (κ1) is 19.6. The summed E-state index contributed by atoms with van der Waals surface area (Å²) in [5.41, 5.74) is 2.15. The number of pyridine rings is 1. The van der Waals surface area contributed by atoms with Crippen LogP contribution >= 0.6 is 0 Å². The Labute approximate surface area is 171 Å². The van der Waals surface area contributed by atoms with E-state index in [0.29, 0.717) is 43.6 Å². The summed E-state index contributed by atoms with van der Waals surface area (Å²) in [4.78, 5) is 31.3. The normalized spacial score (nSPS) is 23.0. The van der Waals surface area contributed by atoms with Crippen LogP contribution in [0.4, 0.5) is 0 Å². The third kappa shape index (κ3) is 4.66. The fraction of sp³-hybridized carbons (Fsp3) is 0.545. The molecule has 2 amide bonds. The molecule has 154 valence electrons. The predicted molar refractivity (Wildman–Crippen MR) is 110 cm³/mol. The predicted octanol–water partition coefficient (Wildman–Crippen LogP) is 3.02. The molecule has 29 heavy (non-hydrogen) atoms. The highest BCUT2D eigenvalue weighted by atomic mass is 16.2. The van der Waals surface area contributed by atoms with Crippen LogP contribution in [0.15, 0.2) is 30.6 Å². The van der Waals surface area contributed by atoms with E-state index in [1.807, 2.05) is 12.1 Å². The zero-order chi connectivity index (χ0) is 20.2. The Morgan fingerprint density at radius 1 is 1.14 bits per heavy atom. The molecule has 2 aromatic rings. The second-order valence-corrected chi connectivity index (χ2v) is 8.45. The maximum absolute atomic E-state index is 12.8. The maximum atomic E-state index is 12.8. The number of hydrogen-bond donors (Lipinski definition) is 2. The first-order valence-corrected chi connectivity index (χ1v) is 10.7. The lowest BCUT2D eigenvalue weighted by Gasteiger charge is -2.33. The molecule has 2 atom stereocenters. The summed E-state index contributed by atoms with van der Waals surface area (Å²) in [6.07, 6.45) is 9.48. The monoisotopic (exact) mass is 395 g/mol. The molecule has 2 N–H and O–H groups in total. The van der Waals surface area contributed by atoms with E-state index in [-0.39, 0.29) is 17.7 Å². The number of hydrogen-bond acceptors (Lipinski definition) is 4. The smallest absolute Gasteiger partial charge is 0.274 e. The van der Waals surface area contributed by atoms with E-state index in [1.165, 1.54) is 12.8 Å². The van der Waals surface area contributed by atoms with E-state index >= 15 is 0 Å². The Bertz CT molecular complexity index is 842. The first-order valence-electron chi connectivity index (χ1n) is 10.7. The standard InChI is InChI=1S/C22H29N5O2/c1-15-3-2-4-18(13-15)24-21(28)17-7-11-27(12-8-17)22(29)20-14-19(25-26-20)16-5-9-23-10-6-16/h5-6,9-10,14-15,17-18H,2-4,7-8,11-13H2,1H3,(H,24,28)(H,25,26). The van der Waals surface area contributed by atoms with Gasteiger partial charge < -0.3 is 10.2 Å². The Hall–Kier alpha value is -2.70. The highest BCUT2D eigenvalue weighted by Gasteiger charge is 2.30. The lowest BCUT2D eigenvalue weighted by molar-refractivity contribution is -0.127. The van der Waals surface area contributed by atoms with Crippen LogP contribution in [0.3, 0.4) is 0 Å². The van der Waals surface area contributed by atoms with Gasteiger partial charge in [0.1, 0.15) is 0 Å². The van der Waals surface area contributed by atoms with Gasteiger partial charge in [0, 0.05) is 43.0 Å².